The van der Waals surface area contributed by atoms with Crippen molar-refractivity contribution in [1.82, 2.24) is 9.97 Å². The maximum Gasteiger partial charge on any atom is 0.490 e. The third-order valence-corrected chi connectivity index (χ3v) is 2.63. The average molecular weight is 337 g/mol. The quantitative estimate of drug-likeness (QED) is 0.754. The van der Waals surface area contributed by atoms with E-state index in [1.54, 1.807) is 0 Å². The van der Waals surface area contributed by atoms with E-state index in [-0.39, 0.29) is 11.8 Å². The molecule has 0 aromatic carbocycles. The van der Waals surface area contributed by atoms with Crippen LogP contribution in [0.3, 0.4) is 0 Å². The van der Waals surface area contributed by atoms with Crippen LogP contribution < -0.4 is 5.32 Å². The van der Waals surface area contributed by atoms with Crippen molar-refractivity contribution in [3.05, 3.63) is 18.0 Å². The molecule has 2 rings (SSSR count). The van der Waals surface area contributed by atoms with Gasteiger partial charge in [0.25, 0.3) is 0 Å². The second-order valence-electron chi connectivity index (χ2n) is 4.39. The third kappa shape index (κ3) is 6.91. The summed E-state index contributed by atoms with van der Waals surface area (Å²) >= 11 is 0. The molecule has 8 nitrogen and oxygen atoms in total. The van der Waals surface area contributed by atoms with E-state index in [0.29, 0.717) is 12.5 Å². The van der Waals surface area contributed by atoms with Crippen LogP contribution in [0.2, 0.25) is 0 Å². The summed E-state index contributed by atoms with van der Waals surface area (Å²) < 4.78 is 37.2. The van der Waals surface area contributed by atoms with E-state index >= 15 is 0 Å². The lowest BCUT2D eigenvalue weighted by atomic mass is 10.2. The fourth-order valence-corrected chi connectivity index (χ4v) is 1.57. The lowest BCUT2D eigenvalue weighted by Gasteiger charge is -2.10. The van der Waals surface area contributed by atoms with Gasteiger partial charge in [0, 0.05) is 19.3 Å². The number of nitrogens with one attached hydrogen (secondary N) is 1. The molecule has 0 bridgehead atoms. The Balaban J connectivity index is 0.000000322. The highest BCUT2D eigenvalue weighted by Crippen LogP contribution is 2.13. The van der Waals surface area contributed by atoms with E-state index in [4.69, 9.17) is 19.7 Å². The summed E-state index contributed by atoms with van der Waals surface area (Å²) in [5.74, 6) is -3.48. The van der Waals surface area contributed by atoms with Gasteiger partial charge in [-0.15, -0.1) is 0 Å². The number of carboxylic acids is 2. The molecule has 2 heterocycles. The summed E-state index contributed by atoms with van der Waals surface area (Å²) in [6.07, 6.45) is -1.39. The van der Waals surface area contributed by atoms with Gasteiger partial charge in [0.15, 0.2) is 5.69 Å². The average Bonchev–Trinajstić information content (AvgIpc) is 2.98. The van der Waals surface area contributed by atoms with Crippen molar-refractivity contribution in [3.63, 3.8) is 0 Å². The molecule has 1 aromatic heterocycles. The zero-order valence-corrected chi connectivity index (χ0v) is 11.7. The van der Waals surface area contributed by atoms with E-state index < -0.39 is 18.1 Å². The Hall–Kier alpha value is -2.43. The molecule has 0 saturated carbocycles. The molecule has 1 aliphatic heterocycles. The maximum atomic E-state index is 10.7. The van der Waals surface area contributed by atoms with Crippen LogP contribution in [0.1, 0.15) is 23.3 Å². The summed E-state index contributed by atoms with van der Waals surface area (Å²) in [5.41, 5.74) is -0.00941. The Bertz CT molecular complexity index is 547. The Morgan fingerprint density at radius 1 is 1.39 bits per heavy atom. The highest BCUT2D eigenvalue weighted by molar-refractivity contribution is 5.85. The molecule has 23 heavy (non-hydrogen) atoms. The molecular formula is C12H14F3N3O5. The number of nitrogens with zero attached hydrogens (tertiary/aromatic N) is 2. The topological polar surface area (TPSA) is 122 Å². The Labute approximate surface area is 128 Å². The minimum atomic E-state index is -5.08. The largest absolute Gasteiger partial charge is 0.490 e. The van der Waals surface area contributed by atoms with Crippen LogP contribution in [0.25, 0.3) is 0 Å². The van der Waals surface area contributed by atoms with E-state index in [9.17, 15) is 18.0 Å². The molecule has 1 aliphatic rings. The molecule has 3 N–H and O–H groups in total. The number of aliphatic carboxylic acids is 1. The number of aromatic nitrogens is 2. The van der Waals surface area contributed by atoms with Gasteiger partial charge in [-0.2, -0.15) is 13.2 Å². The molecule has 0 aliphatic carbocycles. The molecule has 11 heteroatoms. The summed E-state index contributed by atoms with van der Waals surface area (Å²) in [6.45, 7) is 1.41. The van der Waals surface area contributed by atoms with Crippen LogP contribution in [0, 0.1) is 0 Å². The minimum Gasteiger partial charge on any atom is -0.477 e. The van der Waals surface area contributed by atoms with Crippen LogP contribution in [0.15, 0.2) is 12.3 Å². The van der Waals surface area contributed by atoms with E-state index in [2.05, 4.69) is 15.3 Å². The third-order valence-electron chi connectivity index (χ3n) is 2.63. The van der Waals surface area contributed by atoms with Gasteiger partial charge in [0.2, 0.25) is 5.95 Å². The number of carboxylic acid groups (broad SMARTS) is 2. The first-order valence-electron chi connectivity index (χ1n) is 6.42. The van der Waals surface area contributed by atoms with Crippen molar-refractivity contribution in [2.24, 2.45) is 0 Å². The minimum absolute atomic E-state index is 0.00941. The van der Waals surface area contributed by atoms with Crippen LogP contribution in [0.5, 0.6) is 0 Å². The first-order chi connectivity index (χ1) is 10.7. The molecule has 1 atom stereocenters. The van der Waals surface area contributed by atoms with Gasteiger partial charge >= 0.3 is 18.1 Å². The lowest BCUT2D eigenvalue weighted by Crippen LogP contribution is -2.21. The Morgan fingerprint density at radius 3 is 2.52 bits per heavy atom. The van der Waals surface area contributed by atoms with Crippen molar-refractivity contribution in [2.45, 2.75) is 25.1 Å². The standard InChI is InChI=1S/C10H13N3O3.C2HF3O2/c14-9(15)8-3-4-11-10(13-8)12-6-7-2-1-5-16-7;3-2(4,5)1(6)7/h3-4,7H,1-2,5-6H2,(H,14,15)(H,11,12,13);(H,6,7)/t7-;/m0./s1. The number of hydrogen-bond donors (Lipinski definition) is 3. The number of carbonyl (C=O) groups is 2. The molecule has 1 saturated heterocycles. The number of ether oxygens (including phenoxy) is 1. The van der Waals surface area contributed by atoms with E-state index in [1.165, 1.54) is 12.3 Å². The van der Waals surface area contributed by atoms with Crippen LogP contribution in [0.4, 0.5) is 19.1 Å². The maximum absolute atomic E-state index is 10.7. The smallest absolute Gasteiger partial charge is 0.477 e. The number of rotatable bonds is 4. The van der Waals surface area contributed by atoms with Gasteiger partial charge in [-0.25, -0.2) is 19.6 Å². The summed E-state index contributed by atoms with van der Waals surface area (Å²) in [6, 6.07) is 1.36. The predicted molar refractivity (Wildman–Crippen MR) is 70.1 cm³/mol. The van der Waals surface area contributed by atoms with Gasteiger partial charge in [-0.3, -0.25) is 0 Å². The van der Waals surface area contributed by atoms with Crippen LogP contribution >= 0.6 is 0 Å². The second kappa shape index (κ2) is 8.27. The highest BCUT2D eigenvalue weighted by atomic mass is 19.4. The van der Waals surface area contributed by atoms with Gasteiger partial charge in [-0.05, 0) is 18.9 Å². The van der Waals surface area contributed by atoms with Gasteiger partial charge in [-0.1, -0.05) is 0 Å². The van der Waals surface area contributed by atoms with Crippen LogP contribution in [-0.4, -0.2) is 57.6 Å². The number of hydrogen-bond acceptors (Lipinski definition) is 6. The van der Waals surface area contributed by atoms with Gasteiger partial charge < -0.3 is 20.3 Å². The summed E-state index contributed by atoms with van der Waals surface area (Å²) in [4.78, 5) is 27.4. The Kier molecular flexibility index (Phi) is 6.69. The van der Waals surface area contributed by atoms with Crippen molar-refractivity contribution in [1.29, 1.82) is 0 Å². The molecule has 128 valence electrons. The normalized spacial score (nSPS) is 17.1. The number of alkyl halides is 3. The predicted octanol–water partition coefficient (Wildman–Crippen LogP) is 1.40. The highest BCUT2D eigenvalue weighted by Gasteiger charge is 2.38. The van der Waals surface area contributed by atoms with E-state index in [0.717, 1.165) is 19.4 Å². The fraction of sp³-hybridized carbons (Fsp3) is 0.500. The molecule has 0 radical (unpaired) electrons. The first-order valence-corrected chi connectivity index (χ1v) is 6.42. The van der Waals surface area contributed by atoms with Crippen molar-refractivity contribution < 1.29 is 37.7 Å². The van der Waals surface area contributed by atoms with Gasteiger partial charge in [0.1, 0.15) is 0 Å². The molecule has 1 fully saturated rings. The Morgan fingerprint density at radius 2 is 2.04 bits per heavy atom. The monoisotopic (exact) mass is 337 g/mol. The molecule has 0 unspecified atom stereocenters. The van der Waals surface area contributed by atoms with Crippen molar-refractivity contribution in [3.8, 4) is 0 Å². The number of anilines is 1. The van der Waals surface area contributed by atoms with Crippen molar-refractivity contribution in [2.75, 3.05) is 18.5 Å². The molecule has 0 amide bonds. The van der Waals surface area contributed by atoms with Crippen LogP contribution in [-0.2, 0) is 9.53 Å². The zero-order valence-electron chi connectivity index (χ0n) is 11.7. The SMILES string of the molecule is O=C(O)C(F)(F)F.O=C(O)c1ccnc(NC[C@@H]2CCCO2)n1. The first kappa shape index (κ1) is 18.6. The molecule has 1 aromatic rings. The summed E-state index contributed by atoms with van der Waals surface area (Å²) in [5, 5.41) is 18.8. The molecular weight excluding hydrogens is 323 g/mol. The zero-order chi connectivity index (χ0) is 17.5. The van der Waals surface area contributed by atoms with Gasteiger partial charge in [0.05, 0.1) is 6.10 Å². The number of halogens is 3. The lowest BCUT2D eigenvalue weighted by molar-refractivity contribution is -0.192. The fourth-order valence-electron chi connectivity index (χ4n) is 1.57. The number of aromatic carboxylic acids is 1. The van der Waals surface area contributed by atoms with E-state index in [1.807, 2.05) is 0 Å². The van der Waals surface area contributed by atoms with Crippen molar-refractivity contribution >= 4 is 17.9 Å². The molecule has 0 spiro atoms. The second-order valence-corrected chi connectivity index (χ2v) is 4.39. The summed E-state index contributed by atoms with van der Waals surface area (Å²) in [7, 11) is 0.